The van der Waals surface area contributed by atoms with Crippen molar-refractivity contribution in [1.82, 2.24) is 4.98 Å². The topological polar surface area (TPSA) is 36.4 Å². The molecule has 0 radical (unpaired) electrons. The third-order valence-electron chi connectivity index (χ3n) is 4.10. The number of aromatic nitrogens is 1. The Hall–Kier alpha value is -1.13. The molecule has 1 aromatic heterocycles. The monoisotopic (exact) mass is 334 g/mol. The van der Waals surface area contributed by atoms with Gasteiger partial charge in [0.05, 0.1) is 5.60 Å². The van der Waals surface area contributed by atoms with Crippen molar-refractivity contribution in [3.8, 4) is 0 Å². The molecule has 0 saturated carbocycles. The van der Waals surface area contributed by atoms with Crippen molar-refractivity contribution >= 4 is 32.5 Å². The minimum Gasteiger partial charge on any atom is -0.390 e. The zero-order valence-corrected chi connectivity index (χ0v) is 13.2. The fraction of sp³-hybridized carbons (Fsp3) is 0.438. The molecule has 1 fully saturated rings. The van der Waals surface area contributed by atoms with Gasteiger partial charge in [-0.2, -0.15) is 0 Å². The van der Waals surface area contributed by atoms with E-state index in [0.29, 0.717) is 0 Å². The summed E-state index contributed by atoms with van der Waals surface area (Å²) >= 11 is 3.60. The quantitative estimate of drug-likeness (QED) is 0.862. The number of nitrogens with zero attached hydrogens (tertiary/aromatic N) is 2. The predicted molar refractivity (Wildman–Crippen MR) is 86.1 cm³/mol. The molecule has 1 aromatic carbocycles. The Bertz CT molecular complexity index is 627. The van der Waals surface area contributed by atoms with Crippen molar-refractivity contribution in [2.75, 3.05) is 18.0 Å². The van der Waals surface area contributed by atoms with Gasteiger partial charge < -0.3 is 10.0 Å². The molecule has 4 heteroatoms. The predicted octanol–water partition coefficient (Wildman–Crippen LogP) is 3.74. The fourth-order valence-corrected chi connectivity index (χ4v) is 3.38. The molecule has 1 aliphatic heterocycles. The van der Waals surface area contributed by atoms with Crippen LogP contribution in [-0.2, 0) is 0 Å². The first-order valence-electron chi connectivity index (χ1n) is 7.07. The summed E-state index contributed by atoms with van der Waals surface area (Å²) < 4.78 is 1.10. The lowest BCUT2D eigenvalue weighted by Gasteiger charge is -2.24. The van der Waals surface area contributed by atoms with Crippen LogP contribution in [0.1, 0.15) is 26.2 Å². The number of anilines is 1. The molecule has 2 heterocycles. The van der Waals surface area contributed by atoms with Crippen LogP contribution in [0.5, 0.6) is 0 Å². The van der Waals surface area contributed by atoms with Crippen LogP contribution in [0.4, 0.5) is 5.82 Å². The van der Waals surface area contributed by atoms with Gasteiger partial charge in [0.1, 0.15) is 5.82 Å². The lowest BCUT2D eigenvalue weighted by atomic mass is 9.98. The third-order valence-corrected chi connectivity index (χ3v) is 4.79. The highest BCUT2D eigenvalue weighted by molar-refractivity contribution is 9.10. The standard InChI is InChI=1S/C16H19BrN2O/c1-16(20)7-3-10-19(11-8-16)15-13-4-2-5-14(17)12(13)6-9-18-15/h2,4-6,9,20H,3,7-8,10-11H2,1H3. The van der Waals surface area contributed by atoms with Crippen LogP contribution < -0.4 is 4.90 Å². The molecule has 1 aliphatic rings. The Morgan fingerprint density at radius 1 is 1.20 bits per heavy atom. The number of benzene rings is 1. The van der Waals surface area contributed by atoms with Crippen LogP contribution in [0.25, 0.3) is 10.8 Å². The zero-order valence-electron chi connectivity index (χ0n) is 11.6. The molecule has 1 atom stereocenters. The number of aliphatic hydroxyl groups is 1. The number of hydrogen-bond acceptors (Lipinski definition) is 3. The minimum absolute atomic E-state index is 0.542. The summed E-state index contributed by atoms with van der Waals surface area (Å²) in [6, 6.07) is 8.26. The molecule has 106 valence electrons. The van der Waals surface area contributed by atoms with Gasteiger partial charge in [-0.3, -0.25) is 0 Å². The second-order valence-electron chi connectivity index (χ2n) is 5.81. The molecular weight excluding hydrogens is 316 g/mol. The highest BCUT2D eigenvalue weighted by atomic mass is 79.9. The smallest absolute Gasteiger partial charge is 0.136 e. The van der Waals surface area contributed by atoms with E-state index in [1.807, 2.05) is 25.3 Å². The summed E-state index contributed by atoms with van der Waals surface area (Å²) in [7, 11) is 0. The molecule has 1 saturated heterocycles. The molecule has 0 amide bonds. The van der Waals surface area contributed by atoms with Gasteiger partial charge in [0.25, 0.3) is 0 Å². The fourth-order valence-electron chi connectivity index (χ4n) is 2.88. The van der Waals surface area contributed by atoms with Gasteiger partial charge in [-0.1, -0.05) is 28.1 Å². The molecule has 0 bridgehead atoms. The summed E-state index contributed by atoms with van der Waals surface area (Å²) in [5.74, 6) is 1.03. The van der Waals surface area contributed by atoms with Crippen molar-refractivity contribution in [3.63, 3.8) is 0 Å². The molecule has 0 aliphatic carbocycles. The third kappa shape index (κ3) is 2.67. The maximum absolute atomic E-state index is 10.2. The number of pyridine rings is 1. The Kier molecular flexibility index (Phi) is 3.69. The highest BCUT2D eigenvalue weighted by Gasteiger charge is 2.26. The molecule has 2 aromatic rings. The maximum atomic E-state index is 10.2. The van der Waals surface area contributed by atoms with Gasteiger partial charge in [-0.25, -0.2) is 4.98 Å². The van der Waals surface area contributed by atoms with E-state index in [9.17, 15) is 5.11 Å². The van der Waals surface area contributed by atoms with Gasteiger partial charge >= 0.3 is 0 Å². The van der Waals surface area contributed by atoms with Gasteiger partial charge in [0, 0.05) is 34.5 Å². The van der Waals surface area contributed by atoms with Gasteiger partial charge in [0.15, 0.2) is 0 Å². The second-order valence-corrected chi connectivity index (χ2v) is 6.66. The summed E-state index contributed by atoms with van der Waals surface area (Å²) in [5.41, 5.74) is -0.542. The molecule has 1 unspecified atom stereocenters. The Morgan fingerprint density at radius 2 is 2.05 bits per heavy atom. The summed E-state index contributed by atoms with van der Waals surface area (Å²) in [5, 5.41) is 12.6. The SMILES string of the molecule is CC1(O)CCCN(c2nccc3c(Br)cccc23)CC1. The first-order valence-corrected chi connectivity index (χ1v) is 7.87. The van der Waals surface area contributed by atoms with Gasteiger partial charge in [-0.15, -0.1) is 0 Å². The van der Waals surface area contributed by atoms with E-state index >= 15 is 0 Å². The van der Waals surface area contributed by atoms with E-state index < -0.39 is 5.60 Å². The normalized spacial score (nSPS) is 23.9. The van der Waals surface area contributed by atoms with E-state index in [1.165, 1.54) is 10.8 Å². The molecule has 3 rings (SSSR count). The van der Waals surface area contributed by atoms with Crippen LogP contribution in [0.3, 0.4) is 0 Å². The minimum atomic E-state index is -0.542. The van der Waals surface area contributed by atoms with E-state index in [0.717, 1.165) is 42.6 Å². The molecule has 0 spiro atoms. The molecular formula is C16H19BrN2O. The summed E-state index contributed by atoms with van der Waals surface area (Å²) in [4.78, 5) is 6.89. The maximum Gasteiger partial charge on any atom is 0.136 e. The number of hydrogen-bond donors (Lipinski definition) is 1. The first kappa shape index (κ1) is 13.8. The van der Waals surface area contributed by atoms with Gasteiger partial charge in [-0.05, 0) is 38.3 Å². The Balaban J connectivity index is 2.00. The van der Waals surface area contributed by atoms with E-state index in [2.05, 4.69) is 37.9 Å². The zero-order chi connectivity index (χ0) is 14.2. The van der Waals surface area contributed by atoms with Crippen molar-refractivity contribution < 1.29 is 5.11 Å². The number of halogens is 1. The second kappa shape index (κ2) is 5.34. The van der Waals surface area contributed by atoms with Crippen LogP contribution >= 0.6 is 15.9 Å². The lowest BCUT2D eigenvalue weighted by Crippen LogP contribution is -2.28. The summed E-state index contributed by atoms with van der Waals surface area (Å²) in [6.45, 7) is 3.74. The summed E-state index contributed by atoms with van der Waals surface area (Å²) in [6.07, 6.45) is 4.52. The number of fused-ring (bicyclic) bond motifs is 1. The number of rotatable bonds is 1. The van der Waals surface area contributed by atoms with E-state index in [4.69, 9.17) is 0 Å². The largest absolute Gasteiger partial charge is 0.390 e. The van der Waals surface area contributed by atoms with E-state index in [-0.39, 0.29) is 0 Å². The Labute approximate surface area is 127 Å². The van der Waals surface area contributed by atoms with Crippen molar-refractivity contribution in [2.45, 2.75) is 31.8 Å². The first-order chi connectivity index (χ1) is 9.57. The van der Waals surface area contributed by atoms with Crippen molar-refractivity contribution in [2.24, 2.45) is 0 Å². The highest BCUT2D eigenvalue weighted by Crippen LogP contribution is 2.32. The lowest BCUT2D eigenvalue weighted by molar-refractivity contribution is 0.0481. The van der Waals surface area contributed by atoms with Crippen LogP contribution in [0.15, 0.2) is 34.9 Å². The van der Waals surface area contributed by atoms with Gasteiger partial charge in [0.2, 0.25) is 0 Å². The molecule has 20 heavy (non-hydrogen) atoms. The van der Waals surface area contributed by atoms with Crippen LogP contribution in [0, 0.1) is 0 Å². The Morgan fingerprint density at radius 3 is 2.90 bits per heavy atom. The van der Waals surface area contributed by atoms with Crippen molar-refractivity contribution in [1.29, 1.82) is 0 Å². The average Bonchev–Trinajstić information content (AvgIpc) is 2.60. The van der Waals surface area contributed by atoms with E-state index in [1.54, 1.807) is 0 Å². The van der Waals surface area contributed by atoms with Crippen LogP contribution in [-0.4, -0.2) is 28.8 Å². The van der Waals surface area contributed by atoms with Crippen molar-refractivity contribution in [3.05, 3.63) is 34.9 Å². The average molecular weight is 335 g/mol. The molecule has 1 N–H and O–H groups in total. The molecule has 3 nitrogen and oxygen atoms in total. The van der Waals surface area contributed by atoms with Crippen LogP contribution in [0.2, 0.25) is 0 Å².